The minimum absolute atomic E-state index is 0.0606. The molecule has 1 heterocycles. The van der Waals surface area contributed by atoms with Gasteiger partial charge in [0, 0.05) is 25.2 Å². The highest BCUT2D eigenvalue weighted by molar-refractivity contribution is 5.90. The van der Waals surface area contributed by atoms with Crippen LogP contribution in [0.2, 0.25) is 0 Å². The van der Waals surface area contributed by atoms with E-state index in [1.165, 1.54) is 32.4 Å². The molecule has 1 aliphatic heterocycles. The lowest BCUT2D eigenvalue weighted by atomic mass is 10.0. The van der Waals surface area contributed by atoms with E-state index >= 15 is 0 Å². The highest BCUT2D eigenvalue weighted by Crippen LogP contribution is 2.37. The second kappa shape index (κ2) is 16.8. The molecule has 1 aliphatic carbocycles. The van der Waals surface area contributed by atoms with E-state index in [0.29, 0.717) is 12.1 Å². The molecule has 1 amide bonds. The molecule has 6 heteroatoms. The lowest BCUT2D eigenvalue weighted by Gasteiger charge is -2.21. The first kappa shape index (κ1) is 32.2. The van der Waals surface area contributed by atoms with Crippen molar-refractivity contribution in [3.05, 3.63) is 54.6 Å². The fraction of sp³-hybridized carbons (Fsp3) is 0.548. The Hall–Kier alpha value is -2.86. The highest BCUT2D eigenvalue weighted by Gasteiger charge is 2.35. The Bertz CT molecular complexity index is 912. The molecule has 0 bridgehead atoms. The topological polar surface area (TPSA) is 78.9 Å². The molecule has 0 spiro atoms. The SMILES string of the molecule is CC.CC.CC(C)(C)OC(=O)CCN1CC2CCCC2C1.O=C(O)Nc1ccccc1-c1ccccc1. The van der Waals surface area contributed by atoms with Crippen LogP contribution >= 0.6 is 0 Å². The third kappa shape index (κ3) is 11.8. The number of fused-ring (bicyclic) bond motifs is 1. The van der Waals surface area contributed by atoms with Gasteiger partial charge in [0.1, 0.15) is 5.60 Å². The lowest BCUT2D eigenvalue weighted by molar-refractivity contribution is -0.155. The first-order valence-electron chi connectivity index (χ1n) is 13.8. The normalized spacial score (nSPS) is 18.0. The number of carbonyl (C=O) groups is 2. The van der Waals surface area contributed by atoms with Crippen LogP contribution in [0.4, 0.5) is 10.5 Å². The molecule has 0 aromatic heterocycles. The summed E-state index contributed by atoms with van der Waals surface area (Å²) in [5.74, 6) is 1.76. The van der Waals surface area contributed by atoms with Crippen molar-refractivity contribution in [1.82, 2.24) is 4.90 Å². The van der Waals surface area contributed by atoms with E-state index in [0.717, 1.165) is 29.5 Å². The van der Waals surface area contributed by atoms with Gasteiger partial charge in [-0.15, -0.1) is 0 Å². The zero-order valence-electron chi connectivity index (χ0n) is 23.9. The third-order valence-corrected chi connectivity index (χ3v) is 6.11. The number of ether oxygens (including phenoxy) is 1. The molecular formula is C31H48N2O4. The molecule has 2 aromatic rings. The van der Waals surface area contributed by atoms with Gasteiger partial charge in [0.25, 0.3) is 0 Å². The van der Waals surface area contributed by atoms with Gasteiger partial charge in [0.05, 0.1) is 12.1 Å². The number of nitrogens with one attached hydrogen (secondary N) is 1. The zero-order chi connectivity index (χ0) is 27.8. The van der Waals surface area contributed by atoms with Crippen LogP contribution < -0.4 is 5.32 Å². The summed E-state index contributed by atoms with van der Waals surface area (Å²) in [6.07, 6.45) is 3.69. The molecule has 2 aromatic carbocycles. The molecule has 206 valence electrons. The third-order valence-electron chi connectivity index (χ3n) is 6.11. The van der Waals surface area contributed by atoms with Crippen LogP contribution in [-0.4, -0.2) is 47.3 Å². The molecule has 2 atom stereocenters. The van der Waals surface area contributed by atoms with E-state index in [1.54, 1.807) is 12.1 Å². The van der Waals surface area contributed by atoms with Crippen molar-refractivity contribution >= 4 is 17.7 Å². The van der Waals surface area contributed by atoms with E-state index in [-0.39, 0.29) is 11.6 Å². The maximum Gasteiger partial charge on any atom is 0.409 e. The monoisotopic (exact) mass is 512 g/mol. The molecule has 0 radical (unpaired) electrons. The Balaban J connectivity index is 0.000000327. The summed E-state index contributed by atoms with van der Waals surface area (Å²) in [5, 5.41) is 11.1. The number of esters is 1. The summed E-state index contributed by atoms with van der Waals surface area (Å²) >= 11 is 0. The number of carbonyl (C=O) groups excluding carboxylic acids is 1. The molecule has 1 saturated carbocycles. The Morgan fingerprint density at radius 1 is 0.919 bits per heavy atom. The first-order valence-corrected chi connectivity index (χ1v) is 13.8. The molecule has 6 nitrogen and oxygen atoms in total. The number of para-hydroxylation sites is 1. The predicted molar refractivity (Wildman–Crippen MR) is 154 cm³/mol. The second-order valence-electron chi connectivity index (χ2n) is 9.89. The average molecular weight is 513 g/mol. The van der Waals surface area contributed by atoms with Gasteiger partial charge in [-0.2, -0.15) is 0 Å². The highest BCUT2D eigenvalue weighted by atomic mass is 16.6. The molecule has 1 saturated heterocycles. The van der Waals surface area contributed by atoms with Gasteiger partial charge in [-0.05, 0) is 57.1 Å². The van der Waals surface area contributed by atoms with E-state index in [2.05, 4.69) is 10.2 Å². The molecule has 37 heavy (non-hydrogen) atoms. The average Bonchev–Trinajstić information content (AvgIpc) is 3.48. The van der Waals surface area contributed by atoms with Gasteiger partial charge in [-0.1, -0.05) is 82.6 Å². The molecule has 2 fully saturated rings. The smallest absolute Gasteiger partial charge is 0.409 e. The standard InChI is InChI=1S/C14H25NO2.C13H11NO2.2C2H6/c1-14(2,3)17-13(16)7-8-15-9-11-5-4-6-12(11)10-15;15-13(16)14-12-9-5-4-8-11(12)10-6-2-1-3-7-10;2*1-2/h11-12H,4-10H2,1-3H3;1-9,14H,(H,15,16);2*1-2H3. The van der Waals surface area contributed by atoms with Crippen molar-refractivity contribution in [3.8, 4) is 11.1 Å². The van der Waals surface area contributed by atoms with Crippen molar-refractivity contribution < 1.29 is 19.4 Å². The zero-order valence-corrected chi connectivity index (χ0v) is 23.9. The molecular weight excluding hydrogens is 464 g/mol. The maximum absolute atomic E-state index is 11.6. The van der Waals surface area contributed by atoms with Crippen molar-refractivity contribution in [3.63, 3.8) is 0 Å². The summed E-state index contributed by atoms with van der Waals surface area (Å²) in [7, 11) is 0. The largest absolute Gasteiger partial charge is 0.465 e. The van der Waals surface area contributed by atoms with E-state index < -0.39 is 6.09 Å². The number of amides is 1. The minimum Gasteiger partial charge on any atom is -0.465 e. The van der Waals surface area contributed by atoms with Gasteiger partial charge in [0.15, 0.2) is 0 Å². The van der Waals surface area contributed by atoms with Crippen LogP contribution in [0.25, 0.3) is 11.1 Å². The molecule has 2 aliphatic rings. The number of nitrogens with zero attached hydrogens (tertiary/aromatic N) is 1. The number of rotatable bonds is 5. The maximum atomic E-state index is 11.6. The van der Waals surface area contributed by atoms with Gasteiger partial charge < -0.3 is 14.7 Å². The second-order valence-corrected chi connectivity index (χ2v) is 9.89. The van der Waals surface area contributed by atoms with Crippen molar-refractivity contribution in [2.24, 2.45) is 11.8 Å². The summed E-state index contributed by atoms with van der Waals surface area (Å²) in [5.41, 5.74) is 2.12. The van der Waals surface area contributed by atoms with Crippen molar-refractivity contribution in [1.29, 1.82) is 0 Å². The first-order chi connectivity index (χ1) is 17.7. The number of hydrogen-bond acceptors (Lipinski definition) is 4. The van der Waals surface area contributed by atoms with Gasteiger partial charge in [0.2, 0.25) is 0 Å². The molecule has 4 rings (SSSR count). The fourth-order valence-corrected chi connectivity index (χ4v) is 4.73. The van der Waals surface area contributed by atoms with Crippen LogP contribution in [0.1, 0.15) is 74.1 Å². The summed E-state index contributed by atoms with van der Waals surface area (Å²) in [4.78, 5) is 24.7. The Kier molecular flexibility index (Phi) is 14.6. The summed E-state index contributed by atoms with van der Waals surface area (Å²) in [6.45, 7) is 17.0. The van der Waals surface area contributed by atoms with E-state index in [9.17, 15) is 9.59 Å². The minimum atomic E-state index is -1.05. The number of likely N-dealkylation sites (tertiary alicyclic amines) is 1. The van der Waals surface area contributed by atoms with Crippen LogP contribution in [0.3, 0.4) is 0 Å². The Labute approximate surface area is 224 Å². The van der Waals surface area contributed by atoms with Gasteiger partial charge in [-0.3, -0.25) is 10.1 Å². The lowest BCUT2D eigenvalue weighted by Crippen LogP contribution is -2.29. The summed E-state index contributed by atoms with van der Waals surface area (Å²) < 4.78 is 5.33. The van der Waals surface area contributed by atoms with Crippen molar-refractivity contribution in [2.45, 2.75) is 79.8 Å². The van der Waals surface area contributed by atoms with Crippen LogP contribution in [0.5, 0.6) is 0 Å². The van der Waals surface area contributed by atoms with E-state index in [1.807, 2.05) is 90.9 Å². The Morgan fingerprint density at radius 3 is 2.00 bits per heavy atom. The predicted octanol–water partition coefficient (Wildman–Crippen LogP) is 7.95. The van der Waals surface area contributed by atoms with Crippen LogP contribution in [0.15, 0.2) is 54.6 Å². The van der Waals surface area contributed by atoms with Crippen LogP contribution in [-0.2, 0) is 9.53 Å². The molecule has 2 N–H and O–H groups in total. The van der Waals surface area contributed by atoms with Gasteiger partial charge >= 0.3 is 12.1 Å². The summed E-state index contributed by atoms with van der Waals surface area (Å²) in [6, 6.07) is 17.0. The Morgan fingerprint density at radius 2 is 1.46 bits per heavy atom. The number of carboxylic acid groups (broad SMARTS) is 1. The molecule has 2 unspecified atom stereocenters. The quantitative estimate of drug-likeness (QED) is 0.397. The fourth-order valence-electron chi connectivity index (χ4n) is 4.73. The van der Waals surface area contributed by atoms with E-state index in [4.69, 9.17) is 9.84 Å². The number of hydrogen-bond donors (Lipinski definition) is 2. The van der Waals surface area contributed by atoms with Gasteiger partial charge in [-0.25, -0.2) is 4.79 Å². The number of benzene rings is 2. The van der Waals surface area contributed by atoms with Crippen molar-refractivity contribution in [2.75, 3.05) is 25.0 Å². The van der Waals surface area contributed by atoms with Crippen LogP contribution in [0, 0.1) is 11.8 Å². The number of anilines is 1.